The first-order chi connectivity index (χ1) is 16.9. The van der Waals surface area contributed by atoms with Crippen LogP contribution in [0.2, 0.25) is 0 Å². The number of carbonyl (C=O) groups excluding carboxylic acids is 2. The number of carbonyl (C=O) groups is 3. The molecule has 4 rings (SSSR count). The molecule has 2 aromatic rings. The Morgan fingerprint density at radius 2 is 1.54 bits per heavy atom. The lowest BCUT2D eigenvalue weighted by Crippen LogP contribution is -2.50. The van der Waals surface area contributed by atoms with Gasteiger partial charge in [-0.25, -0.2) is 4.79 Å². The maximum atomic E-state index is 13.2. The van der Waals surface area contributed by atoms with Gasteiger partial charge in [0.2, 0.25) is 5.91 Å². The van der Waals surface area contributed by atoms with Crippen LogP contribution >= 0.6 is 0 Å². The van der Waals surface area contributed by atoms with Crippen molar-refractivity contribution in [3.05, 3.63) is 59.7 Å². The minimum Gasteiger partial charge on any atom is -0.481 e. The van der Waals surface area contributed by atoms with Crippen molar-refractivity contribution in [2.75, 3.05) is 13.2 Å². The molecule has 0 unspecified atom stereocenters. The lowest BCUT2D eigenvalue weighted by molar-refractivity contribution is -0.138. The Morgan fingerprint density at radius 1 is 0.971 bits per heavy atom. The van der Waals surface area contributed by atoms with Crippen molar-refractivity contribution in [3.8, 4) is 11.1 Å². The molecule has 0 radical (unpaired) electrons. The molecule has 1 fully saturated rings. The summed E-state index contributed by atoms with van der Waals surface area (Å²) in [5.41, 5.74) is 3.87. The number of rotatable bonds is 8. The number of alkyl carbamates (subject to hydrolysis) is 1. The topological polar surface area (TPSA) is 105 Å². The monoisotopic (exact) mass is 478 g/mol. The van der Waals surface area contributed by atoms with E-state index in [1.807, 2.05) is 24.3 Å². The molecule has 0 saturated heterocycles. The number of aliphatic carboxylic acids is 1. The largest absolute Gasteiger partial charge is 0.481 e. The summed E-state index contributed by atoms with van der Waals surface area (Å²) in [7, 11) is 0. The van der Waals surface area contributed by atoms with Gasteiger partial charge in [-0.15, -0.1) is 0 Å². The second kappa shape index (κ2) is 10.9. The van der Waals surface area contributed by atoms with Gasteiger partial charge in [0.15, 0.2) is 0 Å². The molecule has 35 heavy (non-hydrogen) atoms. The molecular weight excluding hydrogens is 444 g/mol. The van der Waals surface area contributed by atoms with Gasteiger partial charge in [-0.1, -0.05) is 74.2 Å². The average Bonchev–Trinajstić information content (AvgIpc) is 2.97. The van der Waals surface area contributed by atoms with Crippen LogP contribution in [0.25, 0.3) is 11.1 Å². The van der Waals surface area contributed by atoms with Crippen molar-refractivity contribution >= 4 is 18.0 Å². The highest BCUT2D eigenvalue weighted by Crippen LogP contribution is 2.44. The molecule has 7 heteroatoms. The zero-order valence-electron chi connectivity index (χ0n) is 20.2. The van der Waals surface area contributed by atoms with E-state index in [9.17, 15) is 14.4 Å². The van der Waals surface area contributed by atoms with Gasteiger partial charge in [-0.05, 0) is 42.0 Å². The standard InChI is InChI=1S/C28H34N2O5/c1-19(16-25(31)32)30-26(33)28(14-8-2-3-9-15-28)18-29-27(34)35-17-24-22-12-6-4-10-20(22)21-11-5-7-13-23(21)24/h4-7,10-13,19,24H,2-3,8-9,14-18H2,1H3,(H,29,34)(H,30,33)(H,31,32)/t19-/m0/s1. The first-order valence-corrected chi connectivity index (χ1v) is 12.5. The van der Waals surface area contributed by atoms with Crippen LogP contribution < -0.4 is 10.6 Å². The molecule has 2 aliphatic rings. The summed E-state index contributed by atoms with van der Waals surface area (Å²) >= 11 is 0. The molecule has 7 nitrogen and oxygen atoms in total. The van der Waals surface area contributed by atoms with Crippen molar-refractivity contribution in [3.63, 3.8) is 0 Å². The Kier molecular flexibility index (Phi) is 7.73. The van der Waals surface area contributed by atoms with Crippen LogP contribution in [0.1, 0.15) is 68.9 Å². The zero-order chi connectivity index (χ0) is 24.8. The van der Waals surface area contributed by atoms with E-state index in [0.717, 1.165) is 36.8 Å². The first-order valence-electron chi connectivity index (χ1n) is 12.5. The van der Waals surface area contributed by atoms with E-state index in [0.29, 0.717) is 12.8 Å². The van der Waals surface area contributed by atoms with Gasteiger partial charge in [-0.2, -0.15) is 0 Å². The van der Waals surface area contributed by atoms with E-state index in [1.165, 1.54) is 11.1 Å². The molecule has 186 valence electrons. The maximum absolute atomic E-state index is 13.2. The summed E-state index contributed by atoms with van der Waals surface area (Å²) in [6.07, 6.45) is 4.52. The fourth-order valence-electron chi connectivity index (χ4n) is 5.47. The number of carboxylic acid groups (broad SMARTS) is 1. The first kappa shape index (κ1) is 24.8. The average molecular weight is 479 g/mol. The Labute approximate surface area is 206 Å². The molecule has 0 aromatic heterocycles. The number of ether oxygens (including phenoxy) is 1. The lowest BCUT2D eigenvalue weighted by Gasteiger charge is -2.32. The number of hydrogen-bond donors (Lipinski definition) is 3. The van der Waals surface area contributed by atoms with Crippen LogP contribution in [0.3, 0.4) is 0 Å². The van der Waals surface area contributed by atoms with E-state index in [-0.39, 0.29) is 31.4 Å². The lowest BCUT2D eigenvalue weighted by atomic mass is 9.79. The molecular formula is C28H34N2O5. The van der Waals surface area contributed by atoms with Crippen LogP contribution in [0, 0.1) is 5.41 Å². The summed E-state index contributed by atoms with van der Waals surface area (Å²) in [5.74, 6) is -1.17. The molecule has 1 atom stereocenters. The van der Waals surface area contributed by atoms with Gasteiger partial charge in [0.1, 0.15) is 6.61 Å². The fourth-order valence-corrected chi connectivity index (χ4v) is 5.47. The van der Waals surface area contributed by atoms with Crippen LogP contribution in [0.5, 0.6) is 0 Å². The second-order valence-corrected chi connectivity index (χ2v) is 9.85. The van der Waals surface area contributed by atoms with Crippen molar-refractivity contribution in [2.45, 2.75) is 63.8 Å². The summed E-state index contributed by atoms with van der Waals surface area (Å²) in [6, 6.07) is 15.9. The molecule has 0 heterocycles. The van der Waals surface area contributed by atoms with Gasteiger partial charge < -0.3 is 20.5 Å². The van der Waals surface area contributed by atoms with Gasteiger partial charge in [0, 0.05) is 18.5 Å². The van der Waals surface area contributed by atoms with Gasteiger partial charge in [0.05, 0.1) is 11.8 Å². The minimum absolute atomic E-state index is 0.0276. The second-order valence-electron chi connectivity index (χ2n) is 9.85. The third-order valence-electron chi connectivity index (χ3n) is 7.32. The fraction of sp³-hybridized carbons (Fsp3) is 0.464. The number of carboxylic acids is 1. The Hall–Kier alpha value is -3.35. The predicted octanol–water partition coefficient (Wildman–Crippen LogP) is 4.85. The van der Waals surface area contributed by atoms with Gasteiger partial charge in [0.25, 0.3) is 0 Å². The minimum atomic E-state index is -0.954. The van der Waals surface area contributed by atoms with Crippen LogP contribution in [0.15, 0.2) is 48.5 Å². The van der Waals surface area contributed by atoms with Gasteiger partial charge in [-0.3, -0.25) is 9.59 Å². The molecule has 2 aromatic carbocycles. The highest BCUT2D eigenvalue weighted by molar-refractivity contribution is 5.84. The van der Waals surface area contributed by atoms with Crippen molar-refractivity contribution in [1.29, 1.82) is 0 Å². The van der Waals surface area contributed by atoms with Crippen molar-refractivity contribution in [1.82, 2.24) is 10.6 Å². The van der Waals surface area contributed by atoms with E-state index in [1.54, 1.807) is 6.92 Å². The smallest absolute Gasteiger partial charge is 0.407 e. The number of hydrogen-bond acceptors (Lipinski definition) is 4. The molecule has 2 aliphatic carbocycles. The van der Waals surface area contributed by atoms with Crippen LogP contribution in [0.4, 0.5) is 4.79 Å². The van der Waals surface area contributed by atoms with Crippen LogP contribution in [-0.2, 0) is 14.3 Å². The van der Waals surface area contributed by atoms with E-state index in [4.69, 9.17) is 9.84 Å². The Bertz CT molecular complexity index is 1030. The summed E-state index contributed by atoms with van der Waals surface area (Å²) < 4.78 is 5.66. The highest BCUT2D eigenvalue weighted by atomic mass is 16.5. The van der Waals surface area contributed by atoms with E-state index >= 15 is 0 Å². The predicted molar refractivity (Wildman–Crippen MR) is 133 cm³/mol. The van der Waals surface area contributed by atoms with Gasteiger partial charge >= 0.3 is 12.1 Å². The van der Waals surface area contributed by atoms with E-state index in [2.05, 4.69) is 34.9 Å². The molecule has 1 saturated carbocycles. The van der Waals surface area contributed by atoms with Crippen molar-refractivity contribution in [2.24, 2.45) is 5.41 Å². The SMILES string of the molecule is C[C@@H](CC(=O)O)NC(=O)C1(CNC(=O)OCC2c3ccccc3-c3ccccc32)CCCCCC1. The number of nitrogens with one attached hydrogen (secondary N) is 2. The maximum Gasteiger partial charge on any atom is 0.407 e. The zero-order valence-corrected chi connectivity index (χ0v) is 20.2. The molecule has 0 bridgehead atoms. The van der Waals surface area contributed by atoms with E-state index < -0.39 is 23.5 Å². The number of benzene rings is 2. The third-order valence-corrected chi connectivity index (χ3v) is 7.32. The summed E-state index contributed by atoms with van der Waals surface area (Å²) in [6.45, 7) is 2.08. The Balaban J connectivity index is 1.39. The molecule has 0 spiro atoms. The Morgan fingerprint density at radius 3 is 2.11 bits per heavy atom. The number of amides is 2. The summed E-state index contributed by atoms with van der Waals surface area (Å²) in [4.78, 5) is 37.0. The quantitative estimate of drug-likeness (QED) is 0.471. The highest BCUT2D eigenvalue weighted by Gasteiger charge is 2.40. The molecule has 3 N–H and O–H groups in total. The van der Waals surface area contributed by atoms with Crippen molar-refractivity contribution < 1.29 is 24.2 Å². The normalized spacial score (nSPS) is 17.4. The molecule has 0 aliphatic heterocycles. The third kappa shape index (κ3) is 5.66. The number of fused-ring (bicyclic) bond motifs is 3. The van der Waals surface area contributed by atoms with Crippen LogP contribution in [-0.4, -0.2) is 42.3 Å². The summed E-state index contributed by atoms with van der Waals surface area (Å²) in [5, 5.41) is 14.7. The molecule has 2 amide bonds.